The average Bonchev–Trinajstić information content (AvgIpc) is 2.64. The molecule has 1 atom stereocenters. The quantitative estimate of drug-likeness (QED) is 0.664. The van der Waals surface area contributed by atoms with Crippen molar-refractivity contribution in [1.82, 2.24) is 5.32 Å². The first-order chi connectivity index (χ1) is 12.4. The standard InChI is InChI=1S/C14H8FN2O3P.C3H9NO/c15-13-5-4-11(6-10(13)8-16)17-14(18)9-2-1-3-12(7-9)21(19)20;1-4-2-3-5/h1-7H,(H,17,18);4-5H,2-3H2,1H3. The van der Waals surface area contributed by atoms with E-state index in [9.17, 15) is 18.6 Å². The number of hydrogen-bond donors (Lipinski definition) is 3. The van der Waals surface area contributed by atoms with E-state index in [4.69, 9.17) is 10.4 Å². The lowest BCUT2D eigenvalue weighted by atomic mass is 10.2. The summed E-state index contributed by atoms with van der Waals surface area (Å²) in [6, 6.07) is 10.7. The van der Waals surface area contributed by atoms with Crippen LogP contribution >= 0.6 is 8.03 Å². The molecule has 0 aromatic heterocycles. The molecule has 2 aromatic rings. The number of nitrogens with zero attached hydrogens (tertiary/aromatic N) is 1. The molecule has 0 aliphatic rings. The Labute approximate surface area is 151 Å². The second-order valence-electron chi connectivity index (χ2n) is 4.90. The molecule has 0 radical (unpaired) electrons. The maximum absolute atomic E-state index is 13.2. The van der Waals surface area contributed by atoms with Crippen LogP contribution < -0.4 is 20.8 Å². The van der Waals surface area contributed by atoms with Crippen LogP contribution in [0.15, 0.2) is 42.5 Å². The Morgan fingerprint density at radius 1 is 1.35 bits per heavy atom. The van der Waals surface area contributed by atoms with E-state index in [0.717, 1.165) is 6.07 Å². The van der Waals surface area contributed by atoms with Gasteiger partial charge in [-0.1, -0.05) is 10.6 Å². The minimum atomic E-state index is -2.78. The van der Waals surface area contributed by atoms with Crippen LogP contribution in [0, 0.1) is 17.1 Å². The summed E-state index contributed by atoms with van der Waals surface area (Å²) in [6.45, 7) is 0.927. The number of aliphatic hydroxyl groups is 1. The third kappa shape index (κ3) is 6.67. The van der Waals surface area contributed by atoms with Crippen molar-refractivity contribution >= 4 is 24.9 Å². The van der Waals surface area contributed by atoms with Gasteiger partial charge in [-0.15, -0.1) is 0 Å². The van der Waals surface area contributed by atoms with Crippen molar-refractivity contribution in [2.45, 2.75) is 0 Å². The lowest BCUT2D eigenvalue weighted by Crippen LogP contribution is -2.15. The molecule has 0 saturated heterocycles. The van der Waals surface area contributed by atoms with E-state index in [2.05, 4.69) is 10.6 Å². The Morgan fingerprint density at radius 3 is 2.62 bits per heavy atom. The Bertz CT molecular complexity index is 822. The van der Waals surface area contributed by atoms with E-state index in [1.54, 1.807) is 13.1 Å². The van der Waals surface area contributed by atoms with Gasteiger partial charge in [0.1, 0.15) is 11.9 Å². The predicted molar refractivity (Wildman–Crippen MR) is 93.8 cm³/mol. The van der Waals surface area contributed by atoms with Gasteiger partial charge in [0, 0.05) is 23.9 Å². The summed E-state index contributed by atoms with van der Waals surface area (Å²) in [5.74, 6) is -1.23. The van der Waals surface area contributed by atoms with Gasteiger partial charge >= 0.3 is 8.03 Å². The summed E-state index contributed by atoms with van der Waals surface area (Å²) in [4.78, 5) is 22.9. The highest BCUT2D eigenvalue weighted by Gasteiger charge is 2.13. The Hall–Kier alpha value is -2.69. The fourth-order valence-corrected chi connectivity index (χ4v) is 2.22. The predicted octanol–water partition coefficient (Wildman–Crippen LogP) is 0.876. The highest BCUT2D eigenvalue weighted by atomic mass is 31.1. The van der Waals surface area contributed by atoms with Crippen molar-refractivity contribution in [2.75, 3.05) is 25.5 Å². The van der Waals surface area contributed by atoms with Crippen LogP contribution in [0.25, 0.3) is 0 Å². The zero-order valence-electron chi connectivity index (χ0n) is 13.9. The van der Waals surface area contributed by atoms with Crippen LogP contribution in [0.4, 0.5) is 10.1 Å². The van der Waals surface area contributed by atoms with E-state index in [0.29, 0.717) is 6.54 Å². The van der Waals surface area contributed by atoms with Gasteiger partial charge in [0.25, 0.3) is 5.91 Å². The number of amides is 1. The molecule has 2 aromatic carbocycles. The molecule has 26 heavy (non-hydrogen) atoms. The van der Waals surface area contributed by atoms with Gasteiger partial charge < -0.3 is 20.6 Å². The zero-order chi connectivity index (χ0) is 19.5. The van der Waals surface area contributed by atoms with E-state index in [-0.39, 0.29) is 28.7 Å². The summed E-state index contributed by atoms with van der Waals surface area (Å²) in [7, 11) is -0.979. The zero-order valence-corrected chi connectivity index (χ0v) is 14.8. The van der Waals surface area contributed by atoms with E-state index in [1.165, 1.54) is 36.4 Å². The number of hydrogen-bond acceptors (Lipinski definition) is 6. The third-order valence-corrected chi connectivity index (χ3v) is 3.73. The second-order valence-corrected chi connectivity index (χ2v) is 5.93. The highest BCUT2D eigenvalue weighted by molar-refractivity contribution is 7.45. The van der Waals surface area contributed by atoms with Gasteiger partial charge in [-0.05, 0) is 37.4 Å². The maximum atomic E-state index is 13.2. The van der Waals surface area contributed by atoms with E-state index >= 15 is 0 Å². The Kier molecular flexibility index (Phi) is 9.06. The first-order valence-electron chi connectivity index (χ1n) is 7.43. The van der Waals surface area contributed by atoms with Crippen molar-refractivity contribution in [2.24, 2.45) is 0 Å². The number of anilines is 1. The largest absolute Gasteiger partial charge is 0.591 e. The number of nitrogens with one attached hydrogen (secondary N) is 2. The number of rotatable bonds is 5. The van der Waals surface area contributed by atoms with Crippen molar-refractivity contribution in [3.8, 4) is 6.07 Å². The summed E-state index contributed by atoms with van der Waals surface area (Å²) in [5.41, 5.74) is 0.202. The average molecular weight is 377 g/mol. The van der Waals surface area contributed by atoms with Gasteiger partial charge in [-0.3, -0.25) is 4.79 Å². The number of carbonyl (C=O) groups excluding carboxylic acids is 1. The van der Waals surface area contributed by atoms with E-state index in [1.807, 2.05) is 0 Å². The summed E-state index contributed by atoms with van der Waals surface area (Å²) < 4.78 is 24.1. The van der Waals surface area contributed by atoms with Crippen molar-refractivity contribution in [3.05, 3.63) is 59.4 Å². The first-order valence-corrected chi connectivity index (χ1v) is 8.61. The number of aliphatic hydroxyl groups excluding tert-OH is 1. The van der Waals surface area contributed by atoms with Gasteiger partial charge in [-0.25, -0.2) is 4.39 Å². The molecule has 0 aliphatic carbocycles. The lowest BCUT2D eigenvalue weighted by molar-refractivity contribution is -0.160. The molecule has 0 spiro atoms. The number of carbonyl (C=O) groups is 1. The Balaban J connectivity index is 0.000000597. The summed E-state index contributed by atoms with van der Waals surface area (Å²) >= 11 is 0. The van der Waals surface area contributed by atoms with Gasteiger partial charge in [0.05, 0.1) is 12.2 Å². The number of likely N-dealkylation sites (N-methyl/N-ethyl adjacent to an activating group) is 1. The molecule has 2 rings (SSSR count). The number of halogens is 1. The fraction of sp³-hybridized carbons (Fsp3) is 0.176. The van der Waals surface area contributed by atoms with Crippen LogP contribution in [0.2, 0.25) is 0 Å². The van der Waals surface area contributed by atoms with Crippen LogP contribution in [0.5, 0.6) is 0 Å². The molecular weight excluding hydrogens is 360 g/mol. The van der Waals surface area contributed by atoms with Crippen LogP contribution in [-0.4, -0.2) is 31.2 Å². The smallest absolute Gasteiger partial charge is 0.348 e. The minimum Gasteiger partial charge on any atom is -0.591 e. The van der Waals surface area contributed by atoms with Gasteiger partial charge in [0.2, 0.25) is 0 Å². The molecule has 0 bridgehead atoms. The van der Waals surface area contributed by atoms with Gasteiger partial charge in [0.15, 0.2) is 5.30 Å². The number of benzene rings is 2. The van der Waals surface area contributed by atoms with Crippen molar-refractivity contribution < 1.29 is 23.7 Å². The van der Waals surface area contributed by atoms with Crippen molar-refractivity contribution in [3.63, 3.8) is 0 Å². The highest BCUT2D eigenvalue weighted by Crippen LogP contribution is 2.16. The first kappa shape index (κ1) is 21.4. The third-order valence-electron chi connectivity index (χ3n) is 3.03. The Morgan fingerprint density at radius 2 is 2.08 bits per heavy atom. The molecule has 1 amide bonds. The summed E-state index contributed by atoms with van der Waals surface area (Å²) in [6.07, 6.45) is 0. The second kappa shape index (κ2) is 11.0. The molecule has 9 heteroatoms. The lowest BCUT2D eigenvalue weighted by Gasteiger charge is -2.06. The molecule has 0 heterocycles. The minimum absolute atomic E-state index is 0.0227. The van der Waals surface area contributed by atoms with Crippen LogP contribution in [0.3, 0.4) is 0 Å². The molecule has 0 saturated carbocycles. The molecule has 0 fully saturated rings. The molecule has 136 valence electrons. The summed E-state index contributed by atoms with van der Waals surface area (Å²) in [5, 5.41) is 22.0. The normalized spacial score (nSPS) is 10.2. The number of nitriles is 1. The maximum Gasteiger partial charge on any atom is 0.348 e. The molecule has 1 unspecified atom stereocenters. The van der Waals surface area contributed by atoms with Crippen molar-refractivity contribution in [1.29, 1.82) is 5.26 Å². The van der Waals surface area contributed by atoms with Crippen LogP contribution in [0.1, 0.15) is 15.9 Å². The molecule has 3 N–H and O–H groups in total. The monoisotopic (exact) mass is 377 g/mol. The van der Waals surface area contributed by atoms with Gasteiger partial charge in [-0.2, -0.15) is 5.26 Å². The molecule has 0 aliphatic heterocycles. The molecular formula is C17H17FN3O4P. The van der Waals surface area contributed by atoms with E-state index < -0.39 is 19.8 Å². The SMILES string of the molecule is CNCCO.N#Cc1cc(NC(=O)c2cccc([P+](=O)[O-])c2)ccc1F. The fourth-order valence-electron chi connectivity index (χ4n) is 1.76. The van der Waals surface area contributed by atoms with Crippen LogP contribution in [-0.2, 0) is 4.57 Å². The topological polar surface area (TPSA) is 125 Å². The molecule has 7 nitrogen and oxygen atoms in total.